The van der Waals surface area contributed by atoms with E-state index in [1.54, 1.807) is 24.3 Å². The Morgan fingerprint density at radius 2 is 1.33 bits per heavy atom. The molecule has 2 aliphatic heterocycles. The van der Waals surface area contributed by atoms with Crippen LogP contribution in [0.15, 0.2) is 42.5 Å². The van der Waals surface area contributed by atoms with Gasteiger partial charge in [-0.25, -0.2) is 0 Å². The minimum absolute atomic E-state index is 0.0955. The highest BCUT2D eigenvalue weighted by Crippen LogP contribution is 2.32. The summed E-state index contributed by atoms with van der Waals surface area (Å²) in [6.45, 7) is 2.13. The van der Waals surface area contributed by atoms with Crippen LogP contribution >= 0.6 is 0 Å². The highest BCUT2D eigenvalue weighted by atomic mass is 16.6. The van der Waals surface area contributed by atoms with Crippen molar-refractivity contribution in [1.29, 1.82) is 0 Å². The minimum Gasteiger partial charge on any atom is -0.486 e. The summed E-state index contributed by atoms with van der Waals surface area (Å²) in [5, 5.41) is 0. The molecule has 2 aromatic rings. The molecular weight excluding hydrogens is 308 g/mol. The first-order valence-electron chi connectivity index (χ1n) is 7.81. The van der Waals surface area contributed by atoms with Crippen LogP contribution in [-0.2, 0) is 0 Å². The highest BCUT2D eigenvalue weighted by Gasteiger charge is 2.14. The predicted octanol–water partition coefficient (Wildman–Crippen LogP) is 3.13. The van der Waals surface area contributed by atoms with E-state index in [-0.39, 0.29) is 5.78 Å². The molecule has 0 aromatic heterocycles. The zero-order chi connectivity index (χ0) is 16.4. The quantitative estimate of drug-likeness (QED) is 0.641. The number of benzene rings is 2. The van der Waals surface area contributed by atoms with Crippen LogP contribution in [0.4, 0.5) is 0 Å². The second-order valence-corrected chi connectivity index (χ2v) is 5.46. The van der Waals surface area contributed by atoms with Crippen molar-refractivity contribution in [3.63, 3.8) is 0 Å². The van der Waals surface area contributed by atoms with Crippen molar-refractivity contribution in [1.82, 2.24) is 0 Å². The van der Waals surface area contributed by atoms with Crippen molar-refractivity contribution >= 4 is 11.9 Å². The Morgan fingerprint density at radius 3 is 2.04 bits per heavy atom. The fraction of sp³-hybridized carbons (Fsp3) is 0.211. The van der Waals surface area contributed by atoms with Crippen molar-refractivity contribution in [3.8, 4) is 23.0 Å². The van der Waals surface area contributed by atoms with Crippen LogP contribution in [0.3, 0.4) is 0 Å². The number of ketones is 1. The molecule has 0 radical (unpaired) electrons. The molecule has 4 rings (SSSR count). The Labute approximate surface area is 139 Å². The summed E-state index contributed by atoms with van der Waals surface area (Å²) in [6, 6.07) is 10.8. The maximum atomic E-state index is 12.4. The zero-order valence-electron chi connectivity index (χ0n) is 13.0. The third kappa shape index (κ3) is 2.93. The normalized spacial score (nSPS) is 15.3. The molecule has 0 aliphatic carbocycles. The lowest BCUT2D eigenvalue weighted by atomic mass is 10.1. The Balaban J connectivity index is 1.52. The van der Waals surface area contributed by atoms with Gasteiger partial charge in [-0.3, -0.25) is 4.79 Å². The van der Waals surface area contributed by atoms with E-state index in [9.17, 15) is 4.79 Å². The predicted molar refractivity (Wildman–Crippen MR) is 88.2 cm³/mol. The first-order valence-corrected chi connectivity index (χ1v) is 7.81. The van der Waals surface area contributed by atoms with Gasteiger partial charge in [0.2, 0.25) is 0 Å². The second kappa shape index (κ2) is 6.28. The molecule has 0 N–H and O–H groups in total. The van der Waals surface area contributed by atoms with E-state index in [1.807, 2.05) is 18.2 Å². The lowest BCUT2D eigenvalue weighted by Crippen LogP contribution is -2.15. The smallest absolute Gasteiger partial charge is 0.185 e. The summed E-state index contributed by atoms with van der Waals surface area (Å²) in [7, 11) is 0. The first-order chi connectivity index (χ1) is 11.8. The lowest BCUT2D eigenvalue weighted by molar-refractivity contribution is 0.104. The van der Waals surface area contributed by atoms with E-state index >= 15 is 0 Å². The number of allylic oxidation sites excluding steroid dienone is 1. The molecule has 122 valence electrons. The Kier molecular flexibility index (Phi) is 3.83. The minimum atomic E-state index is -0.0955. The SMILES string of the molecule is O=C(/C=C/c1ccc2c(c1)OCCO2)c1ccc2c(c1)OCCO2. The fourth-order valence-corrected chi connectivity index (χ4v) is 2.63. The standard InChI is InChI=1S/C19H16O5/c20-15(14-3-6-17-19(12-14)24-10-8-22-17)4-1-13-2-5-16-18(11-13)23-9-7-21-16/h1-6,11-12H,7-10H2/b4-1+. The van der Waals surface area contributed by atoms with E-state index in [4.69, 9.17) is 18.9 Å². The van der Waals surface area contributed by atoms with E-state index in [1.165, 1.54) is 6.08 Å². The van der Waals surface area contributed by atoms with Crippen molar-refractivity contribution in [2.24, 2.45) is 0 Å². The molecule has 0 saturated carbocycles. The second-order valence-electron chi connectivity index (χ2n) is 5.46. The number of ether oxygens (including phenoxy) is 4. The van der Waals surface area contributed by atoms with Crippen LogP contribution in [-0.4, -0.2) is 32.2 Å². The van der Waals surface area contributed by atoms with Gasteiger partial charge in [0, 0.05) is 5.56 Å². The molecule has 0 spiro atoms. The van der Waals surface area contributed by atoms with Crippen LogP contribution in [0, 0.1) is 0 Å². The highest BCUT2D eigenvalue weighted by molar-refractivity contribution is 6.07. The molecule has 2 aliphatic rings. The van der Waals surface area contributed by atoms with Gasteiger partial charge < -0.3 is 18.9 Å². The van der Waals surface area contributed by atoms with E-state index in [0.29, 0.717) is 49.2 Å². The summed E-state index contributed by atoms with van der Waals surface area (Å²) in [4.78, 5) is 12.4. The third-order valence-corrected chi connectivity index (χ3v) is 3.82. The number of carbonyl (C=O) groups excluding carboxylic acids is 1. The van der Waals surface area contributed by atoms with Crippen LogP contribution in [0.1, 0.15) is 15.9 Å². The van der Waals surface area contributed by atoms with Gasteiger partial charge in [-0.05, 0) is 42.0 Å². The summed E-state index contributed by atoms with van der Waals surface area (Å²) >= 11 is 0. The summed E-state index contributed by atoms with van der Waals surface area (Å²) < 4.78 is 22.0. The lowest BCUT2D eigenvalue weighted by Gasteiger charge is -2.18. The topological polar surface area (TPSA) is 54.0 Å². The first kappa shape index (κ1) is 14.6. The Morgan fingerprint density at radius 1 is 0.750 bits per heavy atom. The van der Waals surface area contributed by atoms with Crippen LogP contribution < -0.4 is 18.9 Å². The van der Waals surface area contributed by atoms with Crippen LogP contribution in [0.25, 0.3) is 6.08 Å². The van der Waals surface area contributed by atoms with Gasteiger partial charge in [0.25, 0.3) is 0 Å². The van der Waals surface area contributed by atoms with Gasteiger partial charge in [-0.15, -0.1) is 0 Å². The van der Waals surface area contributed by atoms with Crippen molar-refractivity contribution in [2.75, 3.05) is 26.4 Å². The molecular formula is C19H16O5. The van der Waals surface area contributed by atoms with E-state index < -0.39 is 0 Å². The van der Waals surface area contributed by atoms with Gasteiger partial charge in [0.05, 0.1) is 0 Å². The maximum Gasteiger partial charge on any atom is 0.185 e. The number of hydrogen-bond donors (Lipinski definition) is 0. The molecule has 0 bridgehead atoms. The molecule has 2 aromatic carbocycles. The Hall–Kier alpha value is -2.95. The van der Waals surface area contributed by atoms with Crippen molar-refractivity contribution in [2.45, 2.75) is 0 Å². The molecule has 0 saturated heterocycles. The van der Waals surface area contributed by atoms with Crippen molar-refractivity contribution in [3.05, 3.63) is 53.6 Å². The van der Waals surface area contributed by atoms with Gasteiger partial charge in [0.1, 0.15) is 26.4 Å². The average Bonchev–Trinajstić information content (AvgIpc) is 2.65. The van der Waals surface area contributed by atoms with Gasteiger partial charge in [0.15, 0.2) is 28.8 Å². The number of fused-ring (bicyclic) bond motifs is 2. The van der Waals surface area contributed by atoms with E-state index in [0.717, 1.165) is 11.3 Å². The van der Waals surface area contributed by atoms with Gasteiger partial charge >= 0.3 is 0 Å². The maximum absolute atomic E-state index is 12.4. The monoisotopic (exact) mass is 324 g/mol. The molecule has 0 amide bonds. The number of rotatable bonds is 3. The average molecular weight is 324 g/mol. The van der Waals surface area contributed by atoms with Crippen LogP contribution in [0.2, 0.25) is 0 Å². The number of carbonyl (C=O) groups is 1. The van der Waals surface area contributed by atoms with E-state index in [2.05, 4.69) is 0 Å². The molecule has 2 heterocycles. The zero-order valence-corrected chi connectivity index (χ0v) is 13.0. The van der Waals surface area contributed by atoms with Gasteiger partial charge in [-0.2, -0.15) is 0 Å². The largest absolute Gasteiger partial charge is 0.486 e. The third-order valence-electron chi connectivity index (χ3n) is 3.82. The van der Waals surface area contributed by atoms with Crippen molar-refractivity contribution < 1.29 is 23.7 Å². The molecule has 0 unspecified atom stereocenters. The fourth-order valence-electron chi connectivity index (χ4n) is 2.63. The molecule has 0 fully saturated rings. The van der Waals surface area contributed by atoms with Gasteiger partial charge in [-0.1, -0.05) is 12.1 Å². The molecule has 5 heteroatoms. The van der Waals surface area contributed by atoms with Crippen LogP contribution in [0.5, 0.6) is 23.0 Å². The molecule has 24 heavy (non-hydrogen) atoms. The molecule has 0 atom stereocenters. The Bertz CT molecular complexity index is 809. The molecule has 5 nitrogen and oxygen atoms in total. The summed E-state index contributed by atoms with van der Waals surface area (Å²) in [6.07, 6.45) is 3.30. The summed E-state index contributed by atoms with van der Waals surface area (Å²) in [5.41, 5.74) is 1.44. The summed E-state index contributed by atoms with van der Waals surface area (Å²) in [5.74, 6) is 2.63. The number of hydrogen-bond acceptors (Lipinski definition) is 5.